The van der Waals surface area contributed by atoms with E-state index in [9.17, 15) is 9.90 Å². The molecule has 2 rings (SSSR count). The highest BCUT2D eigenvalue weighted by Gasteiger charge is 2.28. The predicted molar refractivity (Wildman–Crippen MR) is 99.1 cm³/mol. The summed E-state index contributed by atoms with van der Waals surface area (Å²) in [6.45, 7) is 8.21. The highest BCUT2D eigenvalue weighted by atomic mass is 16.7. The van der Waals surface area contributed by atoms with E-state index in [1.165, 1.54) is 11.1 Å². The van der Waals surface area contributed by atoms with Gasteiger partial charge in [-0.15, -0.1) is 0 Å². The molecular weight excluding hydrogens is 316 g/mol. The number of hydrogen-bond donors (Lipinski definition) is 1. The van der Waals surface area contributed by atoms with Crippen molar-refractivity contribution in [3.63, 3.8) is 0 Å². The molecule has 1 aromatic carbocycles. The predicted octanol–water partition coefficient (Wildman–Crippen LogP) is 5.09. The summed E-state index contributed by atoms with van der Waals surface area (Å²) in [6, 6.07) is 1.68. The van der Waals surface area contributed by atoms with E-state index in [1.54, 1.807) is 6.07 Å². The molecule has 1 aliphatic heterocycles. The lowest BCUT2D eigenvalue weighted by atomic mass is 9.95. The molecule has 4 heteroatoms. The van der Waals surface area contributed by atoms with E-state index in [-0.39, 0.29) is 18.5 Å². The van der Waals surface area contributed by atoms with Crippen molar-refractivity contribution in [2.24, 2.45) is 0 Å². The molecule has 0 aromatic heterocycles. The van der Waals surface area contributed by atoms with Crippen LogP contribution in [-0.2, 0) is 17.6 Å². The van der Waals surface area contributed by atoms with Crippen molar-refractivity contribution in [2.45, 2.75) is 59.8 Å². The maximum atomic E-state index is 12.2. The summed E-state index contributed by atoms with van der Waals surface area (Å²) in [6.07, 6.45) is 8.41. The van der Waals surface area contributed by atoms with Gasteiger partial charge in [0.15, 0.2) is 0 Å². The number of benzene rings is 1. The standard InChI is InChI=1S/C21H28O4/c1-5-7-16-12-18(22)17(20-19(16)21(23)25-13-24-20)11-10-15(4)9-6-8-14(2)3/h8,10,12,22H,5-7,9,11,13H2,1-4H3/b15-10+. The lowest BCUT2D eigenvalue weighted by molar-refractivity contribution is 0.00425. The molecule has 0 atom stereocenters. The quantitative estimate of drug-likeness (QED) is 0.553. The number of carbonyl (C=O) groups is 1. The third-order valence-electron chi connectivity index (χ3n) is 4.31. The van der Waals surface area contributed by atoms with Crippen LogP contribution in [0.3, 0.4) is 0 Å². The number of ether oxygens (including phenoxy) is 2. The van der Waals surface area contributed by atoms with Gasteiger partial charge in [-0.05, 0) is 58.1 Å². The number of fused-ring (bicyclic) bond motifs is 1. The number of phenolic OH excluding ortho intramolecular Hbond substituents is 1. The van der Waals surface area contributed by atoms with Gasteiger partial charge in [-0.2, -0.15) is 0 Å². The van der Waals surface area contributed by atoms with Crippen LogP contribution in [0.5, 0.6) is 11.5 Å². The van der Waals surface area contributed by atoms with Gasteiger partial charge in [-0.1, -0.05) is 36.6 Å². The number of cyclic esters (lactones) is 1. The number of rotatable bonds is 7. The van der Waals surface area contributed by atoms with Crippen LogP contribution >= 0.6 is 0 Å². The number of aryl methyl sites for hydroxylation is 1. The topological polar surface area (TPSA) is 55.8 Å². The molecule has 1 N–H and O–H groups in total. The van der Waals surface area contributed by atoms with Gasteiger partial charge >= 0.3 is 5.97 Å². The Bertz CT molecular complexity index is 694. The Morgan fingerprint density at radius 2 is 2.00 bits per heavy atom. The first kappa shape index (κ1) is 19.1. The van der Waals surface area contributed by atoms with Crippen LogP contribution in [0.1, 0.15) is 68.4 Å². The first-order valence-electron chi connectivity index (χ1n) is 8.90. The molecule has 0 saturated carbocycles. The van der Waals surface area contributed by atoms with Crippen molar-refractivity contribution >= 4 is 5.97 Å². The van der Waals surface area contributed by atoms with Gasteiger partial charge in [-0.25, -0.2) is 4.79 Å². The molecule has 4 nitrogen and oxygen atoms in total. The van der Waals surface area contributed by atoms with Crippen molar-refractivity contribution < 1.29 is 19.4 Å². The van der Waals surface area contributed by atoms with Gasteiger partial charge in [0.05, 0.1) is 0 Å². The van der Waals surface area contributed by atoms with Gasteiger partial charge in [0.2, 0.25) is 6.79 Å². The van der Waals surface area contributed by atoms with Crippen LogP contribution in [0.2, 0.25) is 0 Å². The zero-order valence-corrected chi connectivity index (χ0v) is 15.6. The highest BCUT2D eigenvalue weighted by Crippen LogP contribution is 2.38. The third kappa shape index (κ3) is 4.88. The summed E-state index contributed by atoms with van der Waals surface area (Å²) in [4.78, 5) is 12.2. The molecule has 0 bridgehead atoms. The summed E-state index contributed by atoms with van der Waals surface area (Å²) in [5, 5.41) is 10.5. The number of allylic oxidation sites excluding steroid dienone is 4. The highest BCUT2D eigenvalue weighted by molar-refractivity contribution is 5.96. The maximum absolute atomic E-state index is 12.2. The molecule has 1 heterocycles. The van der Waals surface area contributed by atoms with Gasteiger partial charge in [0, 0.05) is 5.56 Å². The smallest absolute Gasteiger partial charge is 0.345 e. The van der Waals surface area contributed by atoms with Crippen molar-refractivity contribution in [3.05, 3.63) is 46.1 Å². The van der Waals surface area contributed by atoms with Crippen molar-refractivity contribution in [3.8, 4) is 11.5 Å². The molecule has 0 saturated heterocycles. The number of phenols is 1. The summed E-state index contributed by atoms with van der Waals surface area (Å²) < 4.78 is 10.6. The molecule has 1 aromatic rings. The third-order valence-corrected chi connectivity index (χ3v) is 4.31. The molecule has 136 valence electrons. The maximum Gasteiger partial charge on any atom is 0.345 e. The minimum atomic E-state index is -0.366. The lowest BCUT2D eigenvalue weighted by Crippen LogP contribution is -2.21. The summed E-state index contributed by atoms with van der Waals surface area (Å²) >= 11 is 0. The van der Waals surface area contributed by atoms with Crippen LogP contribution < -0.4 is 4.74 Å². The largest absolute Gasteiger partial charge is 0.508 e. The first-order chi connectivity index (χ1) is 11.9. The Hall–Kier alpha value is -2.23. The van der Waals surface area contributed by atoms with Gasteiger partial charge in [-0.3, -0.25) is 0 Å². The molecule has 0 fully saturated rings. The van der Waals surface area contributed by atoms with E-state index in [1.807, 2.05) is 6.92 Å². The molecule has 1 aliphatic rings. The summed E-state index contributed by atoms with van der Waals surface area (Å²) in [7, 11) is 0. The fourth-order valence-electron chi connectivity index (χ4n) is 2.97. The Labute approximate surface area is 150 Å². The minimum Gasteiger partial charge on any atom is -0.508 e. The van der Waals surface area contributed by atoms with Gasteiger partial charge < -0.3 is 14.6 Å². The van der Waals surface area contributed by atoms with Crippen LogP contribution in [0.25, 0.3) is 0 Å². The van der Waals surface area contributed by atoms with Gasteiger partial charge in [0.25, 0.3) is 0 Å². The number of carbonyl (C=O) groups excluding carboxylic acids is 1. The fourth-order valence-corrected chi connectivity index (χ4v) is 2.97. The molecule has 0 aliphatic carbocycles. The number of aromatic hydroxyl groups is 1. The second kappa shape index (κ2) is 8.75. The monoisotopic (exact) mass is 344 g/mol. The zero-order valence-electron chi connectivity index (χ0n) is 15.6. The van der Waals surface area contributed by atoms with Crippen molar-refractivity contribution in [1.29, 1.82) is 0 Å². The van der Waals surface area contributed by atoms with Crippen LogP contribution in [0.4, 0.5) is 0 Å². The van der Waals surface area contributed by atoms with Crippen LogP contribution in [0.15, 0.2) is 29.4 Å². The fraction of sp³-hybridized carbons (Fsp3) is 0.476. The SMILES string of the molecule is CCCc1cc(O)c(C/C=C(\C)CCC=C(C)C)c2c1C(=O)OCO2. The van der Waals surface area contributed by atoms with E-state index in [4.69, 9.17) is 9.47 Å². The summed E-state index contributed by atoms with van der Waals surface area (Å²) in [5.74, 6) is 0.300. The second-order valence-electron chi connectivity index (χ2n) is 6.76. The van der Waals surface area contributed by atoms with E-state index >= 15 is 0 Å². The van der Waals surface area contributed by atoms with E-state index in [2.05, 4.69) is 32.9 Å². The Balaban J connectivity index is 2.27. The molecule has 0 radical (unpaired) electrons. The lowest BCUT2D eigenvalue weighted by Gasteiger charge is -2.23. The first-order valence-corrected chi connectivity index (χ1v) is 8.90. The second-order valence-corrected chi connectivity index (χ2v) is 6.76. The van der Waals surface area contributed by atoms with E-state index < -0.39 is 0 Å². The normalized spacial score (nSPS) is 13.8. The number of hydrogen-bond acceptors (Lipinski definition) is 4. The van der Waals surface area contributed by atoms with E-state index in [0.717, 1.165) is 24.8 Å². The van der Waals surface area contributed by atoms with Gasteiger partial charge in [0.1, 0.15) is 17.1 Å². The van der Waals surface area contributed by atoms with E-state index in [0.29, 0.717) is 29.7 Å². The van der Waals surface area contributed by atoms with Crippen molar-refractivity contribution in [1.82, 2.24) is 0 Å². The average Bonchev–Trinajstić information content (AvgIpc) is 2.54. The van der Waals surface area contributed by atoms with Crippen LogP contribution in [-0.4, -0.2) is 17.9 Å². The number of esters is 1. The van der Waals surface area contributed by atoms with Crippen LogP contribution in [0, 0.1) is 0 Å². The molecule has 0 amide bonds. The molecule has 0 unspecified atom stereocenters. The Morgan fingerprint density at radius 3 is 2.68 bits per heavy atom. The molecule has 0 spiro atoms. The average molecular weight is 344 g/mol. The summed E-state index contributed by atoms with van der Waals surface area (Å²) in [5.41, 5.74) is 4.48. The molecule has 25 heavy (non-hydrogen) atoms. The Morgan fingerprint density at radius 1 is 1.24 bits per heavy atom. The van der Waals surface area contributed by atoms with Crippen molar-refractivity contribution in [2.75, 3.05) is 6.79 Å². The molecular formula is C21H28O4. The zero-order chi connectivity index (χ0) is 18.4. The Kier molecular flexibility index (Phi) is 6.68. The minimum absolute atomic E-state index is 0.100.